The van der Waals surface area contributed by atoms with Crippen LogP contribution >= 0.6 is 22.7 Å². The Morgan fingerprint density at radius 3 is 2.28 bits per heavy atom. The van der Waals surface area contributed by atoms with Gasteiger partial charge < -0.3 is 9.47 Å². The summed E-state index contributed by atoms with van der Waals surface area (Å²) in [6.07, 6.45) is -2.24. The maximum atomic E-state index is 12.9. The van der Waals surface area contributed by atoms with Crippen LogP contribution in [0.25, 0.3) is 20.5 Å². The van der Waals surface area contributed by atoms with Crippen LogP contribution in [-0.4, -0.2) is 24.1 Å². The average molecular weight is 577 g/mol. The van der Waals surface area contributed by atoms with Crippen LogP contribution in [0.4, 0.5) is 26.3 Å². The number of allylic oxidation sites excluding steroid dienone is 3. The third-order valence-corrected chi connectivity index (χ3v) is 9.26. The molecule has 0 bridgehead atoms. The molecule has 196 valence electrons. The summed E-state index contributed by atoms with van der Waals surface area (Å²) in [6, 6.07) is 3.81. The number of nitriles is 2. The molecule has 1 aromatic carbocycles. The Bertz CT molecular complexity index is 1800. The van der Waals surface area contributed by atoms with Gasteiger partial charge in [0, 0.05) is 28.0 Å². The molecule has 0 spiro atoms. The Balaban J connectivity index is 1.54. The second kappa shape index (κ2) is 8.18. The van der Waals surface area contributed by atoms with Gasteiger partial charge in [-0.25, -0.2) is 0 Å². The van der Waals surface area contributed by atoms with Crippen LogP contribution in [-0.2, 0) is 10.2 Å². The monoisotopic (exact) mass is 576 g/mol. The van der Waals surface area contributed by atoms with Crippen molar-refractivity contribution >= 4 is 43.5 Å². The highest BCUT2D eigenvalue weighted by Gasteiger charge is 2.51. The maximum Gasteiger partial charge on any atom is 0.573 e. The molecule has 0 saturated heterocycles. The molecule has 0 fully saturated rings. The molecule has 0 N–H and O–H groups in total. The number of hydrogen-bond acceptors (Lipinski definition) is 8. The Morgan fingerprint density at radius 2 is 1.62 bits per heavy atom. The average Bonchev–Trinajstić information content (AvgIpc) is 3.50. The summed E-state index contributed by atoms with van der Waals surface area (Å²) in [5.41, 5.74) is 1.92. The van der Waals surface area contributed by atoms with E-state index in [0.29, 0.717) is 32.2 Å². The molecule has 14 heteroatoms. The Hall–Kier alpha value is -4.14. The summed E-state index contributed by atoms with van der Waals surface area (Å²) in [5.74, 6) is -1.57. The first-order chi connectivity index (χ1) is 18.3. The van der Waals surface area contributed by atoms with Crippen molar-refractivity contribution in [3.8, 4) is 29.3 Å². The highest BCUT2D eigenvalue weighted by Crippen LogP contribution is 2.59. The van der Waals surface area contributed by atoms with Gasteiger partial charge in [-0.15, -0.1) is 49.0 Å². The summed E-state index contributed by atoms with van der Waals surface area (Å²) in [4.78, 5) is 9.04. The molecular weight excluding hydrogens is 566 g/mol. The van der Waals surface area contributed by atoms with E-state index in [1.807, 2.05) is 6.92 Å². The van der Waals surface area contributed by atoms with E-state index in [1.165, 1.54) is 53.0 Å². The zero-order valence-corrected chi connectivity index (χ0v) is 20.9. The van der Waals surface area contributed by atoms with Crippen LogP contribution in [0.5, 0.6) is 5.75 Å². The number of fused-ring (bicyclic) bond motifs is 9. The fourth-order valence-electron chi connectivity index (χ4n) is 5.30. The van der Waals surface area contributed by atoms with Gasteiger partial charge in [0.05, 0.1) is 24.9 Å². The Kier molecular flexibility index (Phi) is 5.28. The number of thiophene rings is 2. The van der Waals surface area contributed by atoms with Crippen molar-refractivity contribution in [2.45, 2.75) is 25.1 Å². The molecule has 6 nitrogen and oxygen atoms in total. The zero-order valence-electron chi connectivity index (χ0n) is 19.2. The number of rotatable bonds is 2. The van der Waals surface area contributed by atoms with E-state index in [-0.39, 0.29) is 5.71 Å². The van der Waals surface area contributed by atoms with Gasteiger partial charge in [-0.2, -0.15) is 20.5 Å². The van der Waals surface area contributed by atoms with Crippen molar-refractivity contribution in [1.82, 2.24) is 0 Å². The minimum atomic E-state index is -4.90. The summed E-state index contributed by atoms with van der Waals surface area (Å²) in [6.45, 7) is 1.82. The number of halogens is 6. The fourth-order valence-corrected chi connectivity index (χ4v) is 8.49. The zero-order chi connectivity index (χ0) is 27.9. The number of nitrogens with zero attached hydrogens (tertiary/aromatic N) is 4. The lowest BCUT2D eigenvalue weighted by atomic mass is 9.73. The van der Waals surface area contributed by atoms with E-state index in [9.17, 15) is 36.9 Å². The van der Waals surface area contributed by atoms with E-state index in [2.05, 4.69) is 19.5 Å². The molecule has 0 aliphatic heterocycles. The molecular formula is C25H10F6N4O2S2. The quantitative estimate of drug-likeness (QED) is 0.185. The van der Waals surface area contributed by atoms with E-state index < -0.39 is 35.6 Å². The lowest BCUT2D eigenvalue weighted by molar-refractivity contribution is -0.303. The maximum absolute atomic E-state index is 12.9. The van der Waals surface area contributed by atoms with Crippen LogP contribution in [0.2, 0.25) is 0 Å². The predicted molar refractivity (Wildman–Crippen MR) is 130 cm³/mol. The molecule has 2 atom stereocenters. The number of hydrogen-bond donors (Lipinski definition) is 0. The van der Waals surface area contributed by atoms with Gasteiger partial charge in [-0.05, 0) is 35.9 Å². The molecule has 2 aromatic heterocycles. The first kappa shape index (κ1) is 25.2. The number of alkyl halides is 6. The fraction of sp³-hybridized carbons (Fsp3) is 0.200. The van der Waals surface area contributed by atoms with Crippen molar-refractivity contribution in [3.63, 3.8) is 0 Å². The lowest BCUT2D eigenvalue weighted by Gasteiger charge is -2.30. The van der Waals surface area contributed by atoms with E-state index in [4.69, 9.17) is 0 Å². The number of benzene rings is 1. The van der Waals surface area contributed by atoms with Crippen LogP contribution in [0.3, 0.4) is 0 Å². The van der Waals surface area contributed by atoms with E-state index in [0.717, 1.165) is 15.0 Å². The predicted octanol–water partition coefficient (Wildman–Crippen LogP) is 7.31. The first-order valence-electron chi connectivity index (χ1n) is 11.0. The molecule has 6 rings (SSSR count). The van der Waals surface area contributed by atoms with Crippen LogP contribution in [0.15, 0.2) is 52.2 Å². The van der Waals surface area contributed by atoms with Gasteiger partial charge in [0.15, 0.2) is 0 Å². The third-order valence-electron chi connectivity index (χ3n) is 6.69. The number of ether oxygens (including phenoxy) is 2. The molecule has 2 heterocycles. The summed E-state index contributed by atoms with van der Waals surface area (Å²) in [5, 5.41) is 18.7. The molecule has 0 saturated carbocycles. The SMILES string of the molecule is CC12C=CC(OC(F)(F)F)=CC1/C(=N\C#N)c1sc3c4c(sc3c12)/C(=N/C#N)c1cc(OC(F)(F)F)ccc1-4. The number of aliphatic imine (C=N–C) groups is 2. The largest absolute Gasteiger partial charge is 0.573 e. The van der Waals surface area contributed by atoms with Crippen LogP contribution in [0, 0.1) is 28.8 Å². The summed E-state index contributed by atoms with van der Waals surface area (Å²) >= 11 is 2.55. The standard InChI is InChI=1S/C25H10F6N4O2S2/c1-23-5-4-11(37-25(29,30)31)7-14(23)18(35-9-33)21-16(23)22-20(39-21)15-12-3-2-10(36-24(26,27)28)6-13(12)17(34-8-32)19(15)38-22/h2-7,14H,1H3/b34-17+,35-18+. The molecule has 3 aliphatic carbocycles. The normalized spacial score (nSPS) is 23.2. The molecule has 3 aliphatic rings. The summed E-state index contributed by atoms with van der Waals surface area (Å²) in [7, 11) is 0. The van der Waals surface area contributed by atoms with Gasteiger partial charge in [0.25, 0.3) is 0 Å². The summed E-state index contributed by atoms with van der Waals surface area (Å²) < 4.78 is 86.7. The van der Waals surface area contributed by atoms with E-state index >= 15 is 0 Å². The van der Waals surface area contributed by atoms with Gasteiger partial charge in [-0.3, -0.25) is 0 Å². The minimum Gasteiger partial charge on any atom is -0.406 e. The molecule has 2 unspecified atom stereocenters. The second-order valence-electron chi connectivity index (χ2n) is 8.89. The topological polar surface area (TPSA) is 90.8 Å². The molecule has 3 aromatic rings. The molecule has 39 heavy (non-hydrogen) atoms. The van der Waals surface area contributed by atoms with Crippen molar-refractivity contribution in [2.24, 2.45) is 15.9 Å². The highest BCUT2D eigenvalue weighted by molar-refractivity contribution is 7.31. The third kappa shape index (κ3) is 3.82. The van der Waals surface area contributed by atoms with E-state index in [1.54, 1.807) is 18.5 Å². The minimum absolute atomic E-state index is 0.197. The molecule has 0 amide bonds. The van der Waals surface area contributed by atoms with Gasteiger partial charge in [-0.1, -0.05) is 13.0 Å². The smallest absolute Gasteiger partial charge is 0.406 e. The van der Waals surface area contributed by atoms with Crippen LogP contribution < -0.4 is 4.74 Å². The Morgan fingerprint density at radius 1 is 0.923 bits per heavy atom. The molecule has 0 radical (unpaired) electrons. The van der Waals surface area contributed by atoms with Crippen molar-refractivity contribution in [2.75, 3.05) is 0 Å². The van der Waals surface area contributed by atoms with Gasteiger partial charge in [0.2, 0.25) is 12.4 Å². The van der Waals surface area contributed by atoms with Gasteiger partial charge >= 0.3 is 12.7 Å². The van der Waals surface area contributed by atoms with Gasteiger partial charge in [0.1, 0.15) is 17.2 Å². The lowest BCUT2D eigenvalue weighted by Crippen LogP contribution is -2.30. The highest BCUT2D eigenvalue weighted by atomic mass is 32.1. The first-order valence-corrected chi connectivity index (χ1v) is 12.6. The van der Waals surface area contributed by atoms with Crippen LogP contribution in [0.1, 0.15) is 27.8 Å². The van der Waals surface area contributed by atoms with Crippen molar-refractivity contribution < 1.29 is 35.8 Å². The Labute approximate surface area is 223 Å². The van der Waals surface area contributed by atoms with Crippen molar-refractivity contribution in [1.29, 1.82) is 10.5 Å². The van der Waals surface area contributed by atoms with Crippen molar-refractivity contribution in [3.05, 3.63) is 63.1 Å². The second-order valence-corrected chi connectivity index (χ2v) is 10.9.